The Morgan fingerprint density at radius 1 is 1.15 bits per heavy atom. The first-order valence-corrected chi connectivity index (χ1v) is 9.82. The lowest BCUT2D eigenvalue weighted by Gasteiger charge is -2.32. The van der Waals surface area contributed by atoms with E-state index in [2.05, 4.69) is 4.98 Å². The van der Waals surface area contributed by atoms with Crippen LogP contribution in [0.2, 0.25) is 0 Å². The molecule has 1 unspecified atom stereocenters. The van der Waals surface area contributed by atoms with Gasteiger partial charge in [-0.15, -0.1) is 11.8 Å². The zero-order valence-electron chi connectivity index (χ0n) is 14.5. The molecule has 1 saturated heterocycles. The van der Waals surface area contributed by atoms with Crippen molar-refractivity contribution >= 4 is 29.0 Å². The van der Waals surface area contributed by atoms with Gasteiger partial charge in [-0.05, 0) is 43.2 Å². The van der Waals surface area contributed by atoms with Crippen molar-refractivity contribution in [2.75, 3.05) is 11.4 Å². The van der Waals surface area contributed by atoms with Crippen molar-refractivity contribution in [3.05, 3.63) is 76.6 Å². The summed E-state index contributed by atoms with van der Waals surface area (Å²) in [6.07, 6.45) is 3.30. The van der Waals surface area contributed by atoms with E-state index in [1.807, 2.05) is 6.07 Å². The molecule has 1 fully saturated rings. The number of amides is 1. The number of halogens is 1. The van der Waals surface area contributed by atoms with Crippen LogP contribution in [0.4, 0.5) is 10.1 Å². The Balaban J connectivity index is 1.49. The number of pyridine rings is 1. The SMILES string of the molecule is O=C1C(SCc2cc(=O)n3ccccc3n2)CCCN1c1cccc(F)c1. The molecule has 27 heavy (non-hydrogen) atoms. The lowest BCUT2D eigenvalue weighted by molar-refractivity contribution is -0.119. The Hall–Kier alpha value is -2.67. The average molecular weight is 383 g/mol. The largest absolute Gasteiger partial charge is 0.311 e. The van der Waals surface area contributed by atoms with E-state index in [1.165, 1.54) is 34.4 Å². The number of piperidine rings is 1. The van der Waals surface area contributed by atoms with E-state index in [-0.39, 0.29) is 22.5 Å². The highest BCUT2D eigenvalue weighted by Gasteiger charge is 2.30. The van der Waals surface area contributed by atoms with Crippen LogP contribution in [0.3, 0.4) is 0 Å². The fourth-order valence-corrected chi connectivity index (χ4v) is 4.38. The maximum Gasteiger partial charge on any atom is 0.258 e. The third kappa shape index (κ3) is 3.73. The molecule has 5 nitrogen and oxygen atoms in total. The number of anilines is 1. The smallest absolute Gasteiger partial charge is 0.258 e. The van der Waals surface area contributed by atoms with Crippen LogP contribution in [0.5, 0.6) is 0 Å². The van der Waals surface area contributed by atoms with E-state index in [4.69, 9.17) is 0 Å². The number of carbonyl (C=O) groups excluding carboxylic acids is 1. The molecule has 0 radical (unpaired) electrons. The zero-order chi connectivity index (χ0) is 18.8. The number of rotatable bonds is 4. The van der Waals surface area contributed by atoms with E-state index in [0.717, 1.165) is 12.8 Å². The predicted molar refractivity (Wildman–Crippen MR) is 105 cm³/mol. The van der Waals surface area contributed by atoms with Crippen LogP contribution in [0.15, 0.2) is 59.5 Å². The maximum absolute atomic E-state index is 13.5. The molecule has 1 aliphatic rings. The molecule has 1 amide bonds. The number of aromatic nitrogens is 2. The highest BCUT2D eigenvalue weighted by molar-refractivity contribution is 7.99. The normalized spacial score (nSPS) is 17.4. The van der Waals surface area contributed by atoms with E-state index >= 15 is 0 Å². The van der Waals surface area contributed by atoms with Crippen molar-refractivity contribution in [3.8, 4) is 0 Å². The van der Waals surface area contributed by atoms with Crippen molar-refractivity contribution in [3.63, 3.8) is 0 Å². The summed E-state index contributed by atoms with van der Waals surface area (Å²) in [7, 11) is 0. The molecule has 1 atom stereocenters. The molecular weight excluding hydrogens is 365 g/mol. The first-order chi connectivity index (χ1) is 13.1. The van der Waals surface area contributed by atoms with Gasteiger partial charge in [0.05, 0.1) is 10.9 Å². The summed E-state index contributed by atoms with van der Waals surface area (Å²) in [5.41, 5.74) is 1.71. The highest BCUT2D eigenvalue weighted by atomic mass is 32.2. The minimum absolute atomic E-state index is 0.0191. The predicted octanol–water partition coefficient (Wildman–Crippen LogP) is 3.26. The van der Waals surface area contributed by atoms with Gasteiger partial charge in [0.25, 0.3) is 5.56 Å². The summed E-state index contributed by atoms with van der Waals surface area (Å²) in [6.45, 7) is 0.592. The van der Waals surface area contributed by atoms with Crippen molar-refractivity contribution in [2.45, 2.75) is 23.8 Å². The molecule has 138 valence electrons. The molecule has 0 N–H and O–H groups in total. The number of hydrogen-bond acceptors (Lipinski definition) is 4. The van der Waals surface area contributed by atoms with Crippen molar-refractivity contribution in [1.82, 2.24) is 9.38 Å². The third-order valence-electron chi connectivity index (χ3n) is 4.57. The first kappa shape index (κ1) is 17.7. The Bertz CT molecular complexity index is 1050. The van der Waals surface area contributed by atoms with Gasteiger partial charge >= 0.3 is 0 Å². The topological polar surface area (TPSA) is 54.7 Å². The molecule has 0 bridgehead atoms. The van der Waals surface area contributed by atoms with Gasteiger partial charge in [0.15, 0.2) is 0 Å². The fraction of sp³-hybridized carbons (Fsp3) is 0.250. The van der Waals surface area contributed by atoms with Crippen LogP contribution in [0.1, 0.15) is 18.5 Å². The molecular formula is C20H18FN3O2S. The van der Waals surface area contributed by atoms with E-state index in [9.17, 15) is 14.0 Å². The molecule has 7 heteroatoms. The second kappa shape index (κ2) is 7.52. The monoisotopic (exact) mass is 383 g/mol. The molecule has 3 heterocycles. The summed E-state index contributed by atoms with van der Waals surface area (Å²) in [4.78, 5) is 31.2. The summed E-state index contributed by atoms with van der Waals surface area (Å²) in [5.74, 6) is 0.110. The average Bonchev–Trinajstić information content (AvgIpc) is 2.67. The molecule has 0 aliphatic carbocycles. The van der Waals surface area contributed by atoms with Gasteiger partial charge in [0, 0.05) is 30.2 Å². The van der Waals surface area contributed by atoms with Crippen molar-refractivity contribution in [1.29, 1.82) is 0 Å². The molecule has 0 saturated carbocycles. The number of hydrogen-bond donors (Lipinski definition) is 0. The van der Waals surface area contributed by atoms with Gasteiger partial charge in [-0.2, -0.15) is 0 Å². The Kier molecular flexibility index (Phi) is 4.94. The van der Waals surface area contributed by atoms with Crippen molar-refractivity contribution < 1.29 is 9.18 Å². The Morgan fingerprint density at radius 3 is 2.89 bits per heavy atom. The molecule has 1 aromatic carbocycles. The van der Waals surface area contributed by atoms with Crippen molar-refractivity contribution in [2.24, 2.45) is 0 Å². The number of thioether (sulfide) groups is 1. The lowest BCUT2D eigenvalue weighted by atomic mass is 10.1. The van der Waals surface area contributed by atoms with Crippen LogP contribution < -0.4 is 10.5 Å². The molecule has 4 rings (SSSR count). The second-order valence-corrected chi connectivity index (χ2v) is 7.62. The van der Waals surface area contributed by atoms with Crippen LogP contribution in [0, 0.1) is 5.82 Å². The molecule has 3 aromatic rings. The second-order valence-electron chi connectivity index (χ2n) is 6.43. The standard InChI is InChI=1S/C20H18FN3O2S/c21-14-5-3-6-16(11-14)23-10-4-7-17(20(23)26)27-13-15-12-19(25)24-9-2-1-8-18(24)22-15/h1-3,5-6,8-9,11-12,17H,4,7,10,13H2. The van der Waals surface area contributed by atoms with Crippen LogP contribution in [0.25, 0.3) is 5.65 Å². The number of fused-ring (bicyclic) bond motifs is 1. The maximum atomic E-state index is 13.5. The van der Waals surface area contributed by atoms with E-state index in [0.29, 0.717) is 29.3 Å². The minimum Gasteiger partial charge on any atom is -0.311 e. The quantitative estimate of drug-likeness (QED) is 0.694. The van der Waals surface area contributed by atoms with Crippen LogP contribution >= 0.6 is 11.8 Å². The summed E-state index contributed by atoms with van der Waals surface area (Å²) >= 11 is 1.48. The fourth-order valence-electron chi connectivity index (χ4n) is 3.26. The van der Waals surface area contributed by atoms with Gasteiger partial charge in [-0.3, -0.25) is 14.0 Å². The van der Waals surface area contributed by atoms with Gasteiger partial charge in [-0.1, -0.05) is 12.1 Å². The van der Waals surface area contributed by atoms with Gasteiger partial charge in [0.1, 0.15) is 11.5 Å². The van der Waals surface area contributed by atoms with E-state index < -0.39 is 0 Å². The highest BCUT2D eigenvalue weighted by Crippen LogP contribution is 2.29. The summed E-state index contributed by atoms with van der Waals surface area (Å²) in [5, 5.41) is -0.224. The molecule has 2 aromatic heterocycles. The number of nitrogens with zero attached hydrogens (tertiary/aromatic N) is 3. The first-order valence-electron chi connectivity index (χ1n) is 8.78. The zero-order valence-corrected chi connectivity index (χ0v) is 15.4. The molecule has 1 aliphatic heterocycles. The Morgan fingerprint density at radius 2 is 2.04 bits per heavy atom. The van der Waals surface area contributed by atoms with Crippen LogP contribution in [-0.2, 0) is 10.5 Å². The number of benzene rings is 1. The van der Waals surface area contributed by atoms with Gasteiger partial charge in [-0.25, -0.2) is 9.37 Å². The third-order valence-corrected chi connectivity index (χ3v) is 5.87. The van der Waals surface area contributed by atoms with E-state index in [1.54, 1.807) is 35.4 Å². The van der Waals surface area contributed by atoms with Crippen LogP contribution in [-0.4, -0.2) is 27.1 Å². The minimum atomic E-state index is -0.351. The molecule has 0 spiro atoms. The summed E-state index contributed by atoms with van der Waals surface area (Å²) < 4.78 is 15.0. The summed E-state index contributed by atoms with van der Waals surface area (Å²) in [6, 6.07) is 13.0. The van der Waals surface area contributed by atoms with Gasteiger partial charge in [0.2, 0.25) is 5.91 Å². The lowest BCUT2D eigenvalue weighted by Crippen LogP contribution is -2.43. The Labute approximate surface area is 159 Å². The van der Waals surface area contributed by atoms with Gasteiger partial charge < -0.3 is 4.90 Å². The number of carbonyl (C=O) groups is 1.